The minimum Gasteiger partial charge on any atom is -0.347 e. The fourth-order valence-electron chi connectivity index (χ4n) is 4.48. The van der Waals surface area contributed by atoms with Crippen molar-refractivity contribution in [2.45, 2.75) is 31.8 Å². The van der Waals surface area contributed by atoms with Crippen molar-refractivity contribution in [2.24, 2.45) is 5.92 Å². The van der Waals surface area contributed by atoms with Crippen molar-refractivity contribution in [1.29, 1.82) is 0 Å². The van der Waals surface area contributed by atoms with Crippen LogP contribution in [0.5, 0.6) is 0 Å². The zero-order valence-electron chi connectivity index (χ0n) is 14.1. The van der Waals surface area contributed by atoms with Gasteiger partial charge >= 0.3 is 0 Å². The summed E-state index contributed by atoms with van der Waals surface area (Å²) in [5.74, 6) is 1.16. The third kappa shape index (κ3) is 2.84. The molecular weight excluding hydrogens is 300 g/mol. The van der Waals surface area contributed by atoms with Crippen LogP contribution in [-0.4, -0.2) is 51.4 Å². The first kappa shape index (κ1) is 15.4. The minimum atomic E-state index is 0.213. The summed E-state index contributed by atoms with van der Waals surface area (Å²) in [7, 11) is 0. The zero-order valence-corrected chi connectivity index (χ0v) is 14.1. The van der Waals surface area contributed by atoms with Gasteiger partial charge in [-0.2, -0.15) is 0 Å². The van der Waals surface area contributed by atoms with Crippen LogP contribution in [0.4, 0.5) is 0 Å². The molecular formula is C19H24N4O. The first-order valence-corrected chi connectivity index (χ1v) is 8.74. The number of amides is 1. The number of carbonyl (C=O) groups excluding carboxylic acids is 1. The number of aromatic amines is 1. The SMILES string of the molecule is CC(=O)N1C[C@H](c2ccccc2)[C@H]2CN(Cc3cnc[nH]3)CC[C@H]21. The number of hydrogen-bond donors (Lipinski definition) is 1. The topological polar surface area (TPSA) is 52.2 Å². The molecule has 0 bridgehead atoms. The van der Waals surface area contributed by atoms with Crippen molar-refractivity contribution in [3.8, 4) is 0 Å². The normalized spacial score (nSPS) is 27.2. The van der Waals surface area contributed by atoms with Gasteiger partial charge in [-0.3, -0.25) is 9.69 Å². The Morgan fingerprint density at radius 2 is 2.12 bits per heavy atom. The van der Waals surface area contributed by atoms with Gasteiger partial charge in [0.1, 0.15) is 0 Å². The van der Waals surface area contributed by atoms with Crippen LogP contribution in [0.1, 0.15) is 30.5 Å². The van der Waals surface area contributed by atoms with Crippen LogP contribution in [0.3, 0.4) is 0 Å². The van der Waals surface area contributed by atoms with Gasteiger partial charge in [-0.25, -0.2) is 4.98 Å². The quantitative estimate of drug-likeness (QED) is 0.942. The van der Waals surface area contributed by atoms with E-state index in [-0.39, 0.29) is 5.91 Å². The average Bonchev–Trinajstić information content (AvgIpc) is 3.23. The molecule has 5 nitrogen and oxygen atoms in total. The highest BCUT2D eigenvalue weighted by atomic mass is 16.2. The van der Waals surface area contributed by atoms with Crippen LogP contribution in [-0.2, 0) is 11.3 Å². The summed E-state index contributed by atoms with van der Waals surface area (Å²) in [6.07, 6.45) is 4.70. The molecule has 3 atom stereocenters. The highest BCUT2D eigenvalue weighted by Crippen LogP contribution is 2.41. The van der Waals surface area contributed by atoms with Crippen molar-refractivity contribution in [1.82, 2.24) is 19.8 Å². The summed E-state index contributed by atoms with van der Waals surface area (Å²) in [5, 5.41) is 0. The summed E-state index contributed by atoms with van der Waals surface area (Å²) in [4.78, 5) is 24.0. The maximum atomic E-state index is 12.1. The van der Waals surface area contributed by atoms with Crippen LogP contribution in [0.25, 0.3) is 0 Å². The van der Waals surface area contributed by atoms with E-state index in [1.807, 2.05) is 6.20 Å². The highest BCUT2D eigenvalue weighted by molar-refractivity contribution is 5.74. The molecule has 24 heavy (non-hydrogen) atoms. The molecule has 1 aromatic heterocycles. The molecule has 1 aromatic carbocycles. The number of carbonyl (C=O) groups is 1. The van der Waals surface area contributed by atoms with Gasteiger partial charge in [0.2, 0.25) is 5.91 Å². The molecule has 3 heterocycles. The molecule has 0 saturated carbocycles. The number of benzene rings is 1. The molecule has 4 rings (SSSR count). The number of hydrogen-bond acceptors (Lipinski definition) is 3. The molecule has 0 aliphatic carbocycles. The van der Waals surface area contributed by atoms with E-state index in [4.69, 9.17) is 0 Å². The van der Waals surface area contributed by atoms with Crippen molar-refractivity contribution in [3.05, 3.63) is 54.1 Å². The molecule has 0 unspecified atom stereocenters. The van der Waals surface area contributed by atoms with E-state index >= 15 is 0 Å². The second-order valence-electron chi connectivity index (χ2n) is 7.02. The Kier molecular flexibility index (Phi) is 4.10. The third-order valence-corrected chi connectivity index (χ3v) is 5.60. The Labute approximate surface area is 142 Å². The molecule has 0 radical (unpaired) electrons. The smallest absolute Gasteiger partial charge is 0.219 e. The largest absolute Gasteiger partial charge is 0.347 e. The summed E-state index contributed by atoms with van der Waals surface area (Å²) in [5.41, 5.74) is 2.52. The predicted octanol–water partition coefficient (Wildman–Crippen LogP) is 2.25. The molecule has 126 valence electrons. The van der Waals surface area contributed by atoms with Crippen LogP contribution in [0.2, 0.25) is 0 Å². The Morgan fingerprint density at radius 1 is 1.29 bits per heavy atom. The van der Waals surface area contributed by atoms with Crippen LogP contribution >= 0.6 is 0 Å². The Hall–Kier alpha value is -2.14. The van der Waals surface area contributed by atoms with Crippen LogP contribution in [0.15, 0.2) is 42.9 Å². The second-order valence-corrected chi connectivity index (χ2v) is 7.02. The lowest BCUT2D eigenvalue weighted by molar-refractivity contribution is -0.130. The van der Waals surface area contributed by atoms with Gasteiger partial charge in [-0.15, -0.1) is 0 Å². The van der Waals surface area contributed by atoms with Crippen molar-refractivity contribution >= 4 is 5.91 Å². The number of nitrogens with one attached hydrogen (secondary N) is 1. The van der Waals surface area contributed by atoms with Gasteiger partial charge in [0.25, 0.3) is 0 Å². The van der Waals surface area contributed by atoms with E-state index in [2.05, 4.69) is 50.1 Å². The standard InChI is InChI=1S/C19H24N4O/c1-14(24)23-12-17(15-5-3-2-4-6-15)18-11-22(8-7-19(18)23)10-16-9-20-13-21-16/h2-6,9,13,17-19H,7-8,10-12H2,1H3,(H,20,21)/t17-,18-,19-/m1/s1. The molecule has 0 spiro atoms. The minimum absolute atomic E-state index is 0.213. The fourth-order valence-corrected chi connectivity index (χ4v) is 4.48. The lowest BCUT2D eigenvalue weighted by atomic mass is 9.82. The summed E-state index contributed by atoms with van der Waals surface area (Å²) in [6, 6.07) is 11.1. The lowest BCUT2D eigenvalue weighted by Crippen LogP contribution is -2.47. The van der Waals surface area contributed by atoms with Crippen LogP contribution < -0.4 is 0 Å². The van der Waals surface area contributed by atoms with Gasteiger partial charge in [0.15, 0.2) is 0 Å². The third-order valence-electron chi connectivity index (χ3n) is 5.60. The Bertz CT molecular complexity index is 685. The maximum absolute atomic E-state index is 12.1. The van der Waals surface area contributed by atoms with E-state index in [1.165, 1.54) is 5.56 Å². The second kappa shape index (κ2) is 6.40. The molecule has 2 fully saturated rings. The van der Waals surface area contributed by atoms with Gasteiger partial charge in [0.05, 0.1) is 6.33 Å². The van der Waals surface area contributed by atoms with Crippen LogP contribution in [0, 0.1) is 5.92 Å². The number of fused-ring (bicyclic) bond motifs is 1. The average molecular weight is 324 g/mol. The number of aromatic nitrogens is 2. The van der Waals surface area contributed by atoms with Crippen molar-refractivity contribution in [2.75, 3.05) is 19.6 Å². The van der Waals surface area contributed by atoms with E-state index in [0.29, 0.717) is 17.9 Å². The number of rotatable bonds is 3. The number of likely N-dealkylation sites (tertiary alicyclic amines) is 2. The summed E-state index contributed by atoms with van der Waals surface area (Å²) < 4.78 is 0. The van der Waals surface area contributed by atoms with E-state index in [1.54, 1.807) is 13.3 Å². The molecule has 1 N–H and O–H groups in total. The summed E-state index contributed by atoms with van der Waals surface area (Å²) in [6.45, 7) is 5.54. The monoisotopic (exact) mass is 324 g/mol. The fraction of sp³-hybridized carbons (Fsp3) is 0.474. The van der Waals surface area contributed by atoms with Gasteiger partial charge in [-0.05, 0) is 12.0 Å². The number of nitrogens with zero attached hydrogens (tertiary/aromatic N) is 3. The van der Waals surface area contributed by atoms with E-state index in [9.17, 15) is 4.79 Å². The number of H-pyrrole nitrogens is 1. The van der Waals surface area contributed by atoms with Gasteiger partial charge < -0.3 is 9.88 Å². The molecule has 1 amide bonds. The van der Waals surface area contributed by atoms with Crippen molar-refractivity contribution < 1.29 is 4.79 Å². The van der Waals surface area contributed by atoms with Gasteiger partial charge in [0, 0.05) is 62.9 Å². The Balaban J connectivity index is 1.56. The first-order valence-electron chi connectivity index (χ1n) is 8.74. The van der Waals surface area contributed by atoms with E-state index < -0.39 is 0 Å². The number of piperidine rings is 1. The van der Waals surface area contributed by atoms with E-state index in [0.717, 1.165) is 38.3 Å². The maximum Gasteiger partial charge on any atom is 0.219 e. The highest BCUT2D eigenvalue weighted by Gasteiger charge is 2.45. The first-order chi connectivity index (χ1) is 11.7. The number of imidazole rings is 1. The lowest BCUT2D eigenvalue weighted by Gasteiger charge is -2.38. The molecule has 2 aliphatic rings. The zero-order chi connectivity index (χ0) is 16.5. The molecule has 5 heteroatoms. The molecule has 2 aliphatic heterocycles. The van der Waals surface area contributed by atoms with Crippen molar-refractivity contribution in [3.63, 3.8) is 0 Å². The molecule has 2 aromatic rings. The van der Waals surface area contributed by atoms with Gasteiger partial charge in [-0.1, -0.05) is 30.3 Å². The molecule has 2 saturated heterocycles. The summed E-state index contributed by atoms with van der Waals surface area (Å²) >= 11 is 0. The Morgan fingerprint density at radius 3 is 2.83 bits per heavy atom. The predicted molar refractivity (Wildman–Crippen MR) is 92.3 cm³/mol.